The summed E-state index contributed by atoms with van der Waals surface area (Å²) in [6.45, 7) is 3.26. The van der Waals surface area contributed by atoms with Gasteiger partial charge in [0.05, 0.1) is 6.04 Å². The molecule has 1 aromatic carbocycles. The second kappa shape index (κ2) is 5.83. The van der Waals surface area contributed by atoms with Crippen molar-refractivity contribution in [3.8, 4) is 5.75 Å². The van der Waals surface area contributed by atoms with E-state index in [4.69, 9.17) is 4.74 Å². The third kappa shape index (κ3) is 2.81. The number of carbonyl (C=O) groups excluding carboxylic acids is 1. The van der Waals surface area contributed by atoms with E-state index in [1.165, 1.54) is 0 Å². The molecule has 0 radical (unpaired) electrons. The highest BCUT2D eigenvalue weighted by molar-refractivity contribution is 5.93. The first-order chi connectivity index (χ1) is 10.3. The molecule has 108 valence electrons. The molecule has 5 heteroatoms. The SMILES string of the molecule is CCNc1ccnc(C(=O)NC2COc3ccccc32)c1. The van der Waals surface area contributed by atoms with Gasteiger partial charge in [-0.2, -0.15) is 0 Å². The molecular weight excluding hydrogens is 266 g/mol. The first kappa shape index (κ1) is 13.4. The molecule has 1 aromatic heterocycles. The maximum absolute atomic E-state index is 12.3. The fraction of sp³-hybridized carbons (Fsp3) is 0.250. The highest BCUT2D eigenvalue weighted by Crippen LogP contribution is 2.31. The normalized spacial score (nSPS) is 16.0. The molecule has 0 aliphatic carbocycles. The smallest absolute Gasteiger partial charge is 0.270 e. The topological polar surface area (TPSA) is 63.2 Å². The van der Waals surface area contributed by atoms with Crippen molar-refractivity contribution in [3.05, 3.63) is 53.9 Å². The number of anilines is 1. The molecule has 0 saturated carbocycles. The van der Waals surface area contributed by atoms with Gasteiger partial charge in [-0.05, 0) is 25.1 Å². The molecule has 1 unspecified atom stereocenters. The highest BCUT2D eigenvalue weighted by atomic mass is 16.5. The third-order valence-corrected chi connectivity index (χ3v) is 3.38. The number of nitrogens with zero attached hydrogens (tertiary/aromatic N) is 1. The zero-order valence-electron chi connectivity index (χ0n) is 11.8. The summed E-state index contributed by atoms with van der Waals surface area (Å²) < 4.78 is 5.56. The van der Waals surface area contributed by atoms with Gasteiger partial charge in [-0.1, -0.05) is 18.2 Å². The predicted octanol–water partition coefficient (Wildman–Crippen LogP) is 2.38. The van der Waals surface area contributed by atoms with Crippen molar-refractivity contribution in [2.75, 3.05) is 18.5 Å². The van der Waals surface area contributed by atoms with Gasteiger partial charge in [-0.25, -0.2) is 0 Å². The number of hydrogen-bond donors (Lipinski definition) is 2. The van der Waals surface area contributed by atoms with Crippen molar-refractivity contribution in [3.63, 3.8) is 0 Å². The lowest BCUT2D eigenvalue weighted by atomic mass is 10.1. The maximum Gasteiger partial charge on any atom is 0.270 e. The first-order valence-corrected chi connectivity index (χ1v) is 7.00. The van der Waals surface area contributed by atoms with E-state index in [1.807, 2.05) is 37.3 Å². The average Bonchev–Trinajstić information content (AvgIpc) is 2.91. The summed E-state index contributed by atoms with van der Waals surface area (Å²) in [5.41, 5.74) is 2.30. The first-order valence-electron chi connectivity index (χ1n) is 7.00. The number of nitrogens with one attached hydrogen (secondary N) is 2. The van der Waals surface area contributed by atoms with Gasteiger partial charge in [0.25, 0.3) is 5.91 Å². The lowest BCUT2D eigenvalue weighted by molar-refractivity contribution is 0.0925. The van der Waals surface area contributed by atoms with Gasteiger partial charge in [-0.3, -0.25) is 9.78 Å². The van der Waals surface area contributed by atoms with Crippen LogP contribution in [0.3, 0.4) is 0 Å². The molecule has 2 heterocycles. The van der Waals surface area contributed by atoms with Crippen LogP contribution in [0.1, 0.15) is 29.0 Å². The van der Waals surface area contributed by atoms with Crippen LogP contribution in [-0.2, 0) is 0 Å². The minimum absolute atomic E-state index is 0.127. The Morgan fingerprint density at radius 3 is 3.10 bits per heavy atom. The van der Waals surface area contributed by atoms with Gasteiger partial charge < -0.3 is 15.4 Å². The van der Waals surface area contributed by atoms with E-state index < -0.39 is 0 Å². The van der Waals surface area contributed by atoms with Gasteiger partial charge in [0.1, 0.15) is 18.1 Å². The zero-order valence-corrected chi connectivity index (χ0v) is 11.8. The number of pyridine rings is 1. The number of benzene rings is 1. The van der Waals surface area contributed by atoms with Gasteiger partial charge in [0.15, 0.2) is 0 Å². The number of hydrogen-bond acceptors (Lipinski definition) is 4. The Labute approximate surface area is 123 Å². The summed E-state index contributed by atoms with van der Waals surface area (Å²) in [7, 11) is 0. The number of ether oxygens (including phenoxy) is 1. The largest absolute Gasteiger partial charge is 0.491 e. The lowest BCUT2D eigenvalue weighted by Gasteiger charge is -2.12. The van der Waals surface area contributed by atoms with Crippen LogP contribution in [-0.4, -0.2) is 24.0 Å². The van der Waals surface area contributed by atoms with Crippen molar-refractivity contribution >= 4 is 11.6 Å². The molecule has 0 saturated heterocycles. The van der Waals surface area contributed by atoms with Crippen molar-refractivity contribution in [1.82, 2.24) is 10.3 Å². The summed E-state index contributed by atoms with van der Waals surface area (Å²) in [6, 6.07) is 11.2. The fourth-order valence-corrected chi connectivity index (χ4v) is 2.38. The molecule has 0 fully saturated rings. The monoisotopic (exact) mass is 283 g/mol. The van der Waals surface area contributed by atoms with Gasteiger partial charge in [-0.15, -0.1) is 0 Å². The Hall–Kier alpha value is -2.56. The quantitative estimate of drug-likeness (QED) is 0.904. The second-order valence-electron chi connectivity index (χ2n) is 4.83. The van der Waals surface area contributed by atoms with Crippen molar-refractivity contribution in [2.45, 2.75) is 13.0 Å². The van der Waals surface area contributed by atoms with Crippen LogP contribution in [0.2, 0.25) is 0 Å². The molecule has 1 amide bonds. The molecule has 2 N–H and O–H groups in total. The molecule has 1 atom stereocenters. The Morgan fingerprint density at radius 2 is 2.24 bits per heavy atom. The second-order valence-corrected chi connectivity index (χ2v) is 4.83. The number of aromatic nitrogens is 1. The molecule has 3 rings (SSSR count). The summed E-state index contributed by atoms with van der Waals surface area (Å²) in [4.78, 5) is 16.4. The Bertz CT molecular complexity index is 657. The van der Waals surface area contributed by atoms with E-state index in [-0.39, 0.29) is 11.9 Å². The average molecular weight is 283 g/mol. The molecule has 2 aromatic rings. The molecular formula is C16H17N3O2. The van der Waals surface area contributed by atoms with E-state index >= 15 is 0 Å². The van der Waals surface area contributed by atoms with E-state index in [1.54, 1.807) is 12.3 Å². The molecule has 1 aliphatic rings. The van der Waals surface area contributed by atoms with Crippen molar-refractivity contribution in [1.29, 1.82) is 0 Å². The molecule has 21 heavy (non-hydrogen) atoms. The lowest BCUT2D eigenvalue weighted by Crippen LogP contribution is -2.30. The number of para-hydroxylation sites is 1. The van der Waals surface area contributed by atoms with Gasteiger partial charge >= 0.3 is 0 Å². The van der Waals surface area contributed by atoms with E-state index in [2.05, 4.69) is 15.6 Å². The number of rotatable bonds is 4. The number of amides is 1. The van der Waals surface area contributed by atoms with Crippen molar-refractivity contribution < 1.29 is 9.53 Å². The van der Waals surface area contributed by atoms with Gasteiger partial charge in [0, 0.05) is 24.0 Å². The Morgan fingerprint density at radius 1 is 1.38 bits per heavy atom. The van der Waals surface area contributed by atoms with Gasteiger partial charge in [0.2, 0.25) is 0 Å². The maximum atomic E-state index is 12.3. The zero-order chi connectivity index (χ0) is 14.7. The van der Waals surface area contributed by atoms with Crippen LogP contribution in [0, 0.1) is 0 Å². The minimum atomic E-state index is -0.194. The molecule has 1 aliphatic heterocycles. The van der Waals surface area contributed by atoms with Crippen LogP contribution in [0.5, 0.6) is 5.75 Å². The third-order valence-electron chi connectivity index (χ3n) is 3.38. The number of fused-ring (bicyclic) bond motifs is 1. The van der Waals surface area contributed by atoms with E-state index in [0.717, 1.165) is 23.5 Å². The van der Waals surface area contributed by atoms with E-state index in [0.29, 0.717) is 12.3 Å². The predicted molar refractivity (Wildman–Crippen MR) is 80.5 cm³/mol. The fourth-order valence-electron chi connectivity index (χ4n) is 2.38. The molecule has 0 spiro atoms. The standard InChI is InChI=1S/C16H17N3O2/c1-2-17-11-7-8-18-13(9-11)16(20)19-14-10-21-15-6-4-3-5-12(14)15/h3-9,14H,2,10H2,1H3,(H,17,18)(H,19,20). The highest BCUT2D eigenvalue weighted by Gasteiger charge is 2.25. The summed E-state index contributed by atoms with van der Waals surface area (Å²) in [6.07, 6.45) is 1.63. The van der Waals surface area contributed by atoms with Crippen LogP contribution < -0.4 is 15.4 Å². The molecule has 0 bridgehead atoms. The summed E-state index contributed by atoms with van der Waals surface area (Å²) in [5.74, 6) is 0.636. The summed E-state index contributed by atoms with van der Waals surface area (Å²) >= 11 is 0. The summed E-state index contributed by atoms with van der Waals surface area (Å²) in [5, 5.41) is 6.13. The minimum Gasteiger partial charge on any atom is -0.491 e. The number of carbonyl (C=O) groups is 1. The van der Waals surface area contributed by atoms with Crippen LogP contribution in [0.4, 0.5) is 5.69 Å². The molecule has 5 nitrogen and oxygen atoms in total. The van der Waals surface area contributed by atoms with E-state index in [9.17, 15) is 4.79 Å². The van der Waals surface area contributed by atoms with Crippen molar-refractivity contribution in [2.24, 2.45) is 0 Å². The Kier molecular flexibility index (Phi) is 3.73. The Balaban J connectivity index is 1.74. The van der Waals surface area contributed by atoms with Crippen LogP contribution in [0.25, 0.3) is 0 Å². The van der Waals surface area contributed by atoms with Crippen LogP contribution in [0.15, 0.2) is 42.6 Å². The van der Waals surface area contributed by atoms with Crippen LogP contribution >= 0.6 is 0 Å².